The van der Waals surface area contributed by atoms with E-state index in [4.69, 9.17) is 9.84 Å². The summed E-state index contributed by atoms with van der Waals surface area (Å²) in [7, 11) is 0. The normalized spacial score (nSPS) is 13.6. The van der Waals surface area contributed by atoms with Crippen molar-refractivity contribution in [3.05, 3.63) is 63.6 Å². The molecule has 3 rings (SSSR count). The second kappa shape index (κ2) is 8.19. The summed E-state index contributed by atoms with van der Waals surface area (Å²) in [6.45, 7) is 4.02. The first kappa shape index (κ1) is 18.2. The summed E-state index contributed by atoms with van der Waals surface area (Å²) < 4.78 is 7.69. The molecular weight excluding hydrogens is 332 g/mol. The zero-order valence-electron chi connectivity index (χ0n) is 15.0. The minimum absolute atomic E-state index is 0.0464. The zero-order chi connectivity index (χ0) is 18.5. The van der Waals surface area contributed by atoms with Gasteiger partial charge in [0.25, 0.3) is 5.91 Å². The van der Waals surface area contributed by atoms with E-state index < -0.39 is 0 Å². The molecule has 0 spiro atoms. The molecule has 2 heterocycles. The van der Waals surface area contributed by atoms with Crippen molar-refractivity contribution in [1.29, 1.82) is 0 Å². The van der Waals surface area contributed by atoms with Crippen LogP contribution in [0.15, 0.2) is 41.2 Å². The molecular formula is C20H24N2O4. The Morgan fingerprint density at radius 1 is 1.15 bits per heavy atom. The van der Waals surface area contributed by atoms with Gasteiger partial charge in [0.15, 0.2) is 11.4 Å². The topological polar surface area (TPSA) is 71.8 Å². The average molecular weight is 356 g/mol. The smallest absolute Gasteiger partial charge is 0.274 e. The van der Waals surface area contributed by atoms with Crippen LogP contribution in [0.5, 0.6) is 5.75 Å². The lowest BCUT2D eigenvalue weighted by atomic mass is 10.1. The number of fused-ring (bicyclic) bond motifs is 1. The molecule has 2 aromatic rings. The number of carbonyl (C=O) groups is 1. The Labute approximate surface area is 152 Å². The lowest BCUT2D eigenvalue weighted by molar-refractivity contribution is 0.0702. The second-order valence-corrected chi connectivity index (χ2v) is 6.32. The van der Waals surface area contributed by atoms with Gasteiger partial charge in [0, 0.05) is 38.0 Å². The number of benzene rings is 1. The third kappa shape index (κ3) is 3.65. The van der Waals surface area contributed by atoms with Crippen LogP contribution in [-0.4, -0.2) is 40.2 Å². The zero-order valence-corrected chi connectivity index (χ0v) is 15.0. The average Bonchev–Trinajstić information content (AvgIpc) is 2.67. The lowest BCUT2D eigenvalue weighted by Gasteiger charge is -2.31. The van der Waals surface area contributed by atoms with Crippen molar-refractivity contribution in [1.82, 2.24) is 9.47 Å². The number of hydrogen-bond acceptors (Lipinski definition) is 4. The Kier molecular flexibility index (Phi) is 5.73. The molecule has 0 aliphatic carbocycles. The molecule has 0 bridgehead atoms. The highest BCUT2D eigenvalue weighted by atomic mass is 16.5. The lowest BCUT2D eigenvalue weighted by Crippen LogP contribution is -2.42. The Hall–Kier alpha value is -2.60. The van der Waals surface area contributed by atoms with E-state index in [1.54, 1.807) is 4.90 Å². The van der Waals surface area contributed by atoms with Crippen molar-refractivity contribution in [2.24, 2.45) is 0 Å². The summed E-state index contributed by atoms with van der Waals surface area (Å²) in [5.41, 5.74) is 1.75. The van der Waals surface area contributed by atoms with Crippen LogP contribution < -0.4 is 10.2 Å². The van der Waals surface area contributed by atoms with Crippen LogP contribution in [-0.2, 0) is 19.6 Å². The molecule has 0 saturated heterocycles. The van der Waals surface area contributed by atoms with E-state index >= 15 is 0 Å². The maximum atomic E-state index is 12.9. The molecule has 138 valence electrons. The number of carbonyl (C=O) groups excluding carboxylic acids is 1. The first-order chi connectivity index (χ1) is 12.7. The predicted octanol–water partition coefficient (Wildman–Crippen LogP) is 1.83. The van der Waals surface area contributed by atoms with E-state index in [9.17, 15) is 9.59 Å². The van der Waals surface area contributed by atoms with E-state index in [1.807, 2.05) is 41.8 Å². The van der Waals surface area contributed by atoms with E-state index in [0.29, 0.717) is 38.2 Å². The molecule has 1 aromatic carbocycles. The predicted molar refractivity (Wildman–Crippen MR) is 98.5 cm³/mol. The first-order valence-electron chi connectivity index (χ1n) is 8.99. The van der Waals surface area contributed by atoms with Gasteiger partial charge < -0.3 is 19.3 Å². The van der Waals surface area contributed by atoms with Gasteiger partial charge in [-0.1, -0.05) is 30.3 Å². The van der Waals surface area contributed by atoms with Crippen LogP contribution in [0.25, 0.3) is 0 Å². The van der Waals surface area contributed by atoms with Gasteiger partial charge in [-0.05, 0) is 25.3 Å². The number of amides is 1. The highest BCUT2D eigenvalue weighted by Gasteiger charge is 2.30. The molecule has 1 aliphatic heterocycles. The van der Waals surface area contributed by atoms with Crippen molar-refractivity contribution in [2.75, 3.05) is 19.7 Å². The maximum Gasteiger partial charge on any atom is 0.274 e. The second-order valence-electron chi connectivity index (χ2n) is 6.32. The molecule has 1 amide bonds. The van der Waals surface area contributed by atoms with Crippen LogP contribution in [0.2, 0.25) is 0 Å². The van der Waals surface area contributed by atoms with E-state index in [1.165, 1.54) is 6.07 Å². The summed E-state index contributed by atoms with van der Waals surface area (Å²) in [5, 5.41) is 9.11. The summed E-state index contributed by atoms with van der Waals surface area (Å²) in [4.78, 5) is 27.3. The molecule has 26 heavy (non-hydrogen) atoms. The number of hydrogen-bond donors (Lipinski definition) is 1. The van der Waals surface area contributed by atoms with Crippen LogP contribution in [0.4, 0.5) is 0 Å². The fourth-order valence-electron chi connectivity index (χ4n) is 3.26. The standard InChI is InChI=1S/C20H24N2O4/c1-2-21-10-11-22-16(9-6-12-23)13-17(24)19(18(22)20(21)25)26-14-15-7-4-3-5-8-15/h3-5,7-8,13,23H,2,6,9-12,14H2,1H3. The highest BCUT2D eigenvalue weighted by Crippen LogP contribution is 2.23. The molecule has 0 unspecified atom stereocenters. The summed E-state index contributed by atoms with van der Waals surface area (Å²) in [6.07, 6.45) is 1.10. The van der Waals surface area contributed by atoms with Gasteiger partial charge in [-0.25, -0.2) is 0 Å². The van der Waals surface area contributed by atoms with Gasteiger partial charge in [0.2, 0.25) is 5.43 Å². The van der Waals surface area contributed by atoms with Gasteiger partial charge in [-0.3, -0.25) is 9.59 Å². The van der Waals surface area contributed by atoms with Crippen molar-refractivity contribution in [3.63, 3.8) is 0 Å². The van der Waals surface area contributed by atoms with Crippen LogP contribution in [0.1, 0.15) is 35.1 Å². The molecule has 0 saturated carbocycles. The number of aliphatic hydroxyl groups is 1. The molecule has 1 aliphatic rings. The van der Waals surface area contributed by atoms with Crippen LogP contribution in [0, 0.1) is 0 Å². The molecule has 6 nitrogen and oxygen atoms in total. The third-order valence-electron chi connectivity index (χ3n) is 4.64. The van der Waals surface area contributed by atoms with Crippen LogP contribution in [0.3, 0.4) is 0 Å². The van der Waals surface area contributed by atoms with Gasteiger partial charge in [-0.15, -0.1) is 0 Å². The fourth-order valence-corrected chi connectivity index (χ4v) is 3.26. The minimum Gasteiger partial charge on any atom is -0.483 e. The Morgan fingerprint density at radius 3 is 2.62 bits per heavy atom. The van der Waals surface area contributed by atoms with E-state index in [2.05, 4.69) is 0 Å². The number of aliphatic hydroxyl groups excluding tert-OH is 1. The number of pyridine rings is 1. The SMILES string of the molecule is CCN1CCn2c(CCCO)cc(=O)c(OCc3ccccc3)c2C1=O. The summed E-state index contributed by atoms with van der Waals surface area (Å²) >= 11 is 0. The molecule has 0 atom stereocenters. The fraction of sp³-hybridized carbons (Fsp3) is 0.400. The Morgan fingerprint density at radius 2 is 1.92 bits per heavy atom. The quantitative estimate of drug-likeness (QED) is 0.822. The molecule has 1 N–H and O–H groups in total. The molecule has 0 fully saturated rings. The van der Waals surface area contributed by atoms with Crippen molar-refractivity contribution >= 4 is 5.91 Å². The Bertz CT molecular complexity index is 830. The number of nitrogens with zero attached hydrogens (tertiary/aromatic N) is 2. The van der Waals surface area contributed by atoms with Crippen LogP contribution >= 0.6 is 0 Å². The number of rotatable bonds is 7. The van der Waals surface area contributed by atoms with Crippen molar-refractivity contribution < 1.29 is 14.6 Å². The minimum atomic E-state index is -0.286. The molecule has 1 aromatic heterocycles. The number of aromatic nitrogens is 1. The van der Waals surface area contributed by atoms with Crippen molar-refractivity contribution in [3.8, 4) is 5.75 Å². The summed E-state index contributed by atoms with van der Waals surface area (Å²) in [5.74, 6) is -0.0606. The Balaban J connectivity index is 2.00. The van der Waals surface area contributed by atoms with Gasteiger partial charge in [-0.2, -0.15) is 0 Å². The first-order valence-corrected chi connectivity index (χ1v) is 8.99. The van der Waals surface area contributed by atoms with E-state index in [0.717, 1.165) is 11.3 Å². The van der Waals surface area contributed by atoms with Gasteiger partial charge in [0.05, 0.1) is 0 Å². The van der Waals surface area contributed by atoms with Gasteiger partial charge >= 0.3 is 0 Å². The third-order valence-corrected chi connectivity index (χ3v) is 4.64. The number of aryl methyl sites for hydroxylation is 1. The monoisotopic (exact) mass is 356 g/mol. The number of likely N-dealkylation sites (N-methyl/N-ethyl adjacent to an activating group) is 1. The molecule has 6 heteroatoms. The summed E-state index contributed by atoms with van der Waals surface area (Å²) in [6, 6.07) is 11.1. The van der Waals surface area contributed by atoms with E-state index in [-0.39, 0.29) is 30.3 Å². The van der Waals surface area contributed by atoms with Gasteiger partial charge in [0.1, 0.15) is 6.61 Å². The highest BCUT2D eigenvalue weighted by molar-refractivity contribution is 5.96. The number of ether oxygens (including phenoxy) is 1. The van der Waals surface area contributed by atoms with Crippen molar-refractivity contribution in [2.45, 2.75) is 32.9 Å². The molecule has 0 radical (unpaired) electrons. The largest absolute Gasteiger partial charge is 0.483 e. The maximum absolute atomic E-state index is 12.9.